The zero-order chi connectivity index (χ0) is 22.3. The molecule has 5 heteroatoms. The minimum absolute atomic E-state index is 0.0138. The van der Waals surface area contributed by atoms with Crippen LogP contribution in [0, 0.1) is 6.92 Å². The summed E-state index contributed by atoms with van der Waals surface area (Å²) in [6.45, 7) is 5.55. The lowest BCUT2D eigenvalue weighted by Crippen LogP contribution is -2.37. The molecule has 1 fully saturated rings. The molecule has 32 heavy (non-hydrogen) atoms. The maximum Gasteiger partial charge on any atom is 0.253 e. The zero-order valence-corrected chi connectivity index (χ0v) is 18.9. The van der Waals surface area contributed by atoms with Gasteiger partial charge < -0.3 is 9.64 Å². The number of ether oxygens (including phenoxy) is 1. The minimum atomic E-state index is 0.0138. The second-order valence-corrected chi connectivity index (χ2v) is 8.59. The van der Waals surface area contributed by atoms with Gasteiger partial charge in [-0.15, -0.1) is 0 Å². The van der Waals surface area contributed by atoms with Gasteiger partial charge in [-0.05, 0) is 61.7 Å². The molecule has 0 radical (unpaired) electrons. The second-order valence-electron chi connectivity index (χ2n) is 8.59. The molecule has 1 aliphatic heterocycles. The number of carbonyl (C=O) groups is 1. The van der Waals surface area contributed by atoms with Crippen molar-refractivity contribution in [3.8, 4) is 5.75 Å². The predicted molar refractivity (Wildman–Crippen MR) is 127 cm³/mol. The number of carbonyl (C=O) groups excluding carboxylic acids is 1. The van der Waals surface area contributed by atoms with Crippen LogP contribution in [0.2, 0.25) is 0 Å². The van der Waals surface area contributed by atoms with E-state index in [1.54, 1.807) is 4.90 Å². The van der Waals surface area contributed by atoms with Crippen LogP contribution in [0.5, 0.6) is 5.75 Å². The molecule has 1 aliphatic rings. The summed E-state index contributed by atoms with van der Waals surface area (Å²) in [5, 5.41) is 0. The summed E-state index contributed by atoms with van der Waals surface area (Å²) >= 11 is 0. The Balaban J connectivity index is 1.25. The van der Waals surface area contributed by atoms with Crippen LogP contribution in [0.3, 0.4) is 0 Å². The Hall–Kier alpha value is -3.18. The largest absolute Gasteiger partial charge is 0.490 e. The Morgan fingerprint density at radius 1 is 1.03 bits per heavy atom. The molecule has 1 saturated heterocycles. The smallest absolute Gasteiger partial charge is 0.253 e. The third kappa shape index (κ3) is 5.95. The van der Waals surface area contributed by atoms with E-state index in [1.807, 2.05) is 49.6 Å². The van der Waals surface area contributed by atoms with Gasteiger partial charge in [0.2, 0.25) is 0 Å². The van der Waals surface area contributed by atoms with Crippen molar-refractivity contribution in [2.45, 2.75) is 39.0 Å². The molecule has 0 saturated carbocycles. The van der Waals surface area contributed by atoms with E-state index in [0.29, 0.717) is 12.1 Å². The molecule has 5 nitrogen and oxygen atoms in total. The first-order chi connectivity index (χ1) is 15.6. The van der Waals surface area contributed by atoms with E-state index in [2.05, 4.69) is 47.1 Å². The van der Waals surface area contributed by atoms with E-state index in [-0.39, 0.29) is 12.0 Å². The van der Waals surface area contributed by atoms with Crippen molar-refractivity contribution in [1.82, 2.24) is 14.8 Å². The van der Waals surface area contributed by atoms with Crippen LogP contribution in [0.4, 0.5) is 0 Å². The summed E-state index contributed by atoms with van der Waals surface area (Å²) in [5.41, 5.74) is 4.13. The quantitative estimate of drug-likeness (QED) is 0.546. The van der Waals surface area contributed by atoms with Gasteiger partial charge >= 0.3 is 0 Å². The minimum Gasteiger partial charge on any atom is -0.490 e. The van der Waals surface area contributed by atoms with Gasteiger partial charge in [-0.3, -0.25) is 14.7 Å². The molecule has 0 N–H and O–H groups in total. The van der Waals surface area contributed by atoms with E-state index >= 15 is 0 Å². The maximum atomic E-state index is 12.8. The summed E-state index contributed by atoms with van der Waals surface area (Å²) in [6, 6.07) is 21.9. The molecule has 1 aromatic heterocycles. The zero-order valence-electron chi connectivity index (χ0n) is 18.9. The predicted octanol–water partition coefficient (Wildman–Crippen LogP) is 4.71. The maximum absolute atomic E-state index is 12.8. The monoisotopic (exact) mass is 429 g/mol. The first-order valence-electron chi connectivity index (χ1n) is 11.3. The van der Waals surface area contributed by atoms with Gasteiger partial charge in [0, 0.05) is 45.0 Å². The van der Waals surface area contributed by atoms with Crippen molar-refractivity contribution in [3.05, 3.63) is 95.3 Å². The van der Waals surface area contributed by atoms with Gasteiger partial charge in [0.15, 0.2) is 0 Å². The first kappa shape index (κ1) is 22.0. The van der Waals surface area contributed by atoms with E-state index in [1.165, 1.54) is 5.56 Å². The fraction of sp³-hybridized carbons (Fsp3) is 0.333. The third-order valence-corrected chi connectivity index (χ3v) is 5.94. The molecule has 0 unspecified atom stereocenters. The van der Waals surface area contributed by atoms with Crippen LogP contribution in [0.15, 0.2) is 72.9 Å². The van der Waals surface area contributed by atoms with Gasteiger partial charge in [-0.1, -0.05) is 35.9 Å². The Morgan fingerprint density at radius 3 is 2.41 bits per heavy atom. The van der Waals surface area contributed by atoms with Crippen molar-refractivity contribution in [2.75, 3.05) is 20.1 Å². The molecular weight excluding hydrogens is 398 g/mol. The van der Waals surface area contributed by atoms with Gasteiger partial charge in [-0.2, -0.15) is 0 Å². The fourth-order valence-corrected chi connectivity index (χ4v) is 4.03. The molecule has 0 spiro atoms. The van der Waals surface area contributed by atoms with E-state index in [9.17, 15) is 4.79 Å². The third-order valence-electron chi connectivity index (χ3n) is 5.94. The average Bonchev–Trinajstić information content (AvgIpc) is 2.82. The number of hydrogen-bond acceptors (Lipinski definition) is 4. The van der Waals surface area contributed by atoms with Gasteiger partial charge in [0.1, 0.15) is 11.9 Å². The summed E-state index contributed by atoms with van der Waals surface area (Å²) < 4.78 is 6.19. The molecular formula is C27H31N3O2. The lowest BCUT2D eigenvalue weighted by Gasteiger charge is -2.31. The number of piperidine rings is 1. The van der Waals surface area contributed by atoms with Crippen molar-refractivity contribution < 1.29 is 9.53 Å². The second kappa shape index (κ2) is 10.4. The normalized spacial score (nSPS) is 14.8. The van der Waals surface area contributed by atoms with Gasteiger partial charge in [0.05, 0.1) is 5.69 Å². The number of hydrogen-bond donors (Lipinski definition) is 0. The van der Waals surface area contributed by atoms with E-state index in [0.717, 1.165) is 49.5 Å². The van der Waals surface area contributed by atoms with Crippen molar-refractivity contribution in [1.29, 1.82) is 0 Å². The molecule has 2 heterocycles. The number of amides is 1. The average molecular weight is 430 g/mol. The number of pyridine rings is 1. The highest BCUT2D eigenvalue weighted by Crippen LogP contribution is 2.21. The number of rotatable bonds is 7. The summed E-state index contributed by atoms with van der Waals surface area (Å²) in [4.78, 5) is 21.4. The Morgan fingerprint density at radius 2 is 1.75 bits per heavy atom. The SMILES string of the molecule is Cc1ccc(CN(C)C(=O)c2ccc(OC3CCN(Cc4ccccn4)CC3)cc2)cc1. The molecule has 0 atom stereocenters. The van der Waals surface area contributed by atoms with Crippen LogP contribution < -0.4 is 4.74 Å². The number of benzene rings is 2. The molecule has 1 amide bonds. The van der Waals surface area contributed by atoms with Gasteiger partial charge in [0.25, 0.3) is 5.91 Å². The standard InChI is InChI=1S/C27H31N3O2/c1-21-6-8-22(9-7-21)19-29(2)27(31)23-10-12-25(13-11-23)32-26-14-17-30(18-15-26)20-24-5-3-4-16-28-24/h3-13,16,26H,14-15,17-20H2,1-2H3. The highest BCUT2D eigenvalue weighted by Gasteiger charge is 2.21. The molecule has 166 valence electrons. The Bertz CT molecular complexity index is 995. The number of aromatic nitrogens is 1. The Labute approximate surface area is 190 Å². The van der Waals surface area contributed by atoms with Crippen LogP contribution in [0.25, 0.3) is 0 Å². The van der Waals surface area contributed by atoms with E-state index < -0.39 is 0 Å². The molecule has 4 rings (SSSR count). The summed E-state index contributed by atoms with van der Waals surface area (Å²) in [5.74, 6) is 0.839. The Kier molecular flexibility index (Phi) is 7.17. The summed E-state index contributed by atoms with van der Waals surface area (Å²) in [7, 11) is 1.84. The number of aryl methyl sites for hydroxylation is 1. The van der Waals surface area contributed by atoms with Crippen LogP contribution in [-0.4, -0.2) is 46.9 Å². The molecule has 0 aliphatic carbocycles. The van der Waals surface area contributed by atoms with Crippen LogP contribution in [-0.2, 0) is 13.1 Å². The lowest BCUT2D eigenvalue weighted by atomic mass is 10.1. The number of nitrogens with zero attached hydrogens (tertiary/aromatic N) is 3. The molecule has 3 aromatic rings. The lowest BCUT2D eigenvalue weighted by molar-refractivity contribution is 0.0784. The molecule has 0 bridgehead atoms. The van der Waals surface area contributed by atoms with Crippen LogP contribution in [0.1, 0.15) is 40.0 Å². The van der Waals surface area contributed by atoms with E-state index in [4.69, 9.17) is 4.74 Å². The topological polar surface area (TPSA) is 45.7 Å². The van der Waals surface area contributed by atoms with Crippen molar-refractivity contribution >= 4 is 5.91 Å². The van der Waals surface area contributed by atoms with Crippen molar-refractivity contribution in [2.24, 2.45) is 0 Å². The highest BCUT2D eigenvalue weighted by atomic mass is 16.5. The van der Waals surface area contributed by atoms with Gasteiger partial charge in [-0.25, -0.2) is 0 Å². The summed E-state index contributed by atoms with van der Waals surface area (Å²) in [6.07, 6.45) is 4.04. The van der Waals surface area contributed by atoms with Crippen molar-refractivity contribution in [3.63, 3.8) is 0 Å². The fourth-order valence-electron chi connectivity index (χ4n) is 4.03. The highest BCUT2D eigenvalue weighted by molar-refractivity contribution is 5.94. The molecule has 2 aromatic carbocycles. The van der Waals surface area contributed by atoms with Crippen LogP contribution >= 0.6 is 0 Å². The first-order valence-corrected chi connectivity index (χ1v) is 11.3. The number of likely N-dealkylation sites (tertiary alicyclic amines) is 1.